The molecule has 0 heteroatoms. The summed E-state index contributed by atoms with van der Waals surface area (Å²) in [5.41, 5.74) is 0. The van der Waals surface area contributed by atoms with Gasteiger partial charge in [-0.15, -0.1) is 0 Å². The first-order chi connectivity index (χ1) is 7.65. The van der Waals surface area contributed by atoms with Crippen LogP contribution in [-0.4, -0.2) is 0 Å². The molecule has 0 heterocycles. The van der Waals surface area contributed by atoms with Gasteiger partial charge in [-0.25, -0.2) is 0 Å². The van der Waals surface area contributed by atoms with Crippen molar-refractivity contribution in [2.75, 3.05) is 0 Å². The predicted molar refractivity (Wildman–Crippen MR) is 77.9 cm³/mol. The van der Waals surface area contributed by atoms with Gasteiger partial charge in [-0.3, -0.25) is 0 Å². The van der Waals surface area contributed by atoms with Crippen molar-refractivity contribution >= 4 is 0 Å². The maximum atomic E-state index is 2.38. The average Bonchev–Trinajstić information content (AvgIpc) is 2.28. The van der Waals surface area contributed by atoms with Gasteiger partial charge in [0, 0.05) is 0 Å². The monoisotopic (exact) mass is 228 g/mol. The van der Waals surface area contributed by atoms with Crippen LogP contribution in [0.2, 0.25) is 0 Å². The Balaban J connectivity index is 0. The zero-order chi connectivity index (χ0) is 13.0. The van der Waals surface area contributed by atoms with Gasteiger partial charge in [0.05, 0.1) is 0 Å². The molecule has 0 aromatic carbocycles. The fourth-order valence-corrected chi connectivity index (χ4v) is 2.53. The second-order valence-electron chi connectivity index (χ2n) is 5.09. The molecule has 16 heavy (non-hydrogen) atoms. The lowest BCUT2D eigenvalue weighted by molar-refractivity contribution is 0.267. The summed E-state index contributed by atoms with van der Waals surface area (Å²) in [4.78, 5) is 0. The van der Waals surface area contributed by atoms with E-state index in [1.54, 1.807) is 0 Å². The van der Waals surface area contributed by atoms with E-state index in [1.807, 2.05) is 13.8 Å². The first kappa shape index (κ1) is 18.4. The Morgan fingerprint density at radius 1 is 0.812 bits per heavy atom. The lowest BCUT2D eigenvalue weighted by atomic mass is 9.81. The Kier molecular flexibility index (Phi) is 15.0. The smallest absolute Gasteiger partial charge is 0.0391 e. The summed E-state index contributed by atoms with van der Waals surface area (Å²) >= 11 is 0. The van der Waals surface area contributed by atoms with Crippen molar-refractivity contribution in [2.24, 2.45) is 17.8 Å². The Labute approximate surface area is 105 Å². The van der Waals surface area contributed by atoms with Crippen molar-refractivity contribution in [3.63, 3.8) is 0 Å². The van der Waals surface area contributed by atoms with Crippen molar-refractivity contribution in [1.82, 2.24) is 0 Å². The van der Waals surface area contributed by atoms with E-state index in [-0.39, 0.29) is 0 Å². The van der Waals surface area contributed by atoms with Crippen molar-refractivity contribution in [1.29, 1.82) is 0 Å². The van der Waals surface area contributed by atoms with Crippen molar-refractivity contribution in [2.45, 2.75) is 87.0 Å². The van der Waals surface area contributed by atoms with Crippen LogP contribution < -0.4 is 0 Å². The molecule has 0 spiro atoms. The van der Waals surface area contributed by atoms with Gasteiger partial charge in [-0.2, -0.15) is 0 Å². The summed E-state index contributed by atoms with van der Waals surface area (Å²) < 4.78 is 0. The van der Waals surface area contributed by atoms with Gasteiger partial charge in [-0.05, 0) is 24.2 Å². The molecular weight excluding hydrogens is 192 g/mol. The van der Waals surface area contributed by atoms with Crippen molar-refractivity contribution in [3.05, 3.63) is 0 Å². The van der Waals surface area contributed by atoms with Crippen LogP contribution in [-0.2, 0) is 0 Å². The van der Waals surface area contributed by atoms with Crippen LogP contribution in [0.1, 0.15) is 87.0 Å². The normalized spacial score (nSPS) is 12.6. The fraction of sp³-hybridized carbons (Fsp3) is 1.00. The summed E-state index contributed by atoms with van der Waals surface area (Å²) in [6.07, 6.45) is 8.43. The molecule has 0 saturated carbocycles. The molecule has 0 aliphatic heterocycles. The number of rotatable bonds is 8. The molecule has 0 amide bonds. The van der Waals surface area contributed by atoms with Crippen LogP contribution in [0, 0.1) is 17.8 Å². The van der Waals surface area contributed by atoms with Crippen LogP contribution in [0.25, 0.3) is 0 Å². The summed E-state index contributed by atoms with van der Waals surface area (Å²) in [6.45, 7) is 15.7. The number of hydrogen-bond acceptors (Lipinski definition) is 0. The predicted octanol–water partition coefficient (Wildman–Crippen LogP) is 6.30. The van der Waals surface area contributed by atoms with E-state index in [1.165, 1.54) is 38.5 Å². The maximum absolute atomic E-state index is 2.38. The highest BCUT2D eigenvalue weighted by molar-refractivity contribution is 4.68. The van der Waals surface area contributed by atoms with Gasteiger partial charge < -0.3 is 0 Å². The minimum Gasteiger partial charge on any atom is -0.0683 e. The molecule has 0 aliphatic carbocycles. The van der Waals surface area contributed by atoms with Gasteiger partial charge in [-0.1, -0.05) is 80.6 Å². The minimum atomic E-state index is 0.871. The number of hydrogen-bond donors (Lipinski definition) is 0. The van der Waals surface area contributed by atoms with Crippen LogP contribution in [0.3, 0.4) is 0 Å². The Bertz CT molecular complexity index is 109. The van der Waals surface area contributed by atoms with E-state index in [0.29, 0.717) is 0 Å². The maximum Gasteiger partial charge on any atom is -0.0391 e. The Hall–Kier alpha value is 0. The van der Waals surface area contributed by atoms with E-state index in [4.69, 9.17) is 0 Å². The third-order valence-electron chi connectivity index (χ3n) is 3.50. The molecule has 0 nitrogen and oxygen atoms in total. The lowest BCUT2D eigenvalue weighted by Gasteiger charge is -2.25. The minimum absolute atomic E-state index is 0.871. The molecule has 0 N–H and O–H groups in total. The largest absolute Gasteiger partial charge is 0.0683 e. The molecule has 100 valence electrons. The molecule has 0 fully saturated rings. The van der Waals surface area contributed by atoms with Crippen LogP contribution in [0.15, 0.2) is 0 Å². The zero-order valence-corrected chi connectivity index (χ0v) is 13.0. The first-order valence-corrected chi connectivity index (χ1v) is 7.65. The Morgan fingerprint density at radius 2 is 1.25 bits per heavy atom. The first-order valence-electron chi connectivity index (χ1n) is 7.65. The third-order valence-corrected chi connectivity index (χ3v) is 3.50. The summed E-state index contributed by atoms with van der Waals surface area (Å²) in [5, 5.41) is 0. The molecule has 0 aromatic heterocycles. The van der Waals surface area contributed by atoms with Crippen molar-refractivity contribution < 1.29 is 0 Å². The molecule has 0 saturated heterocycles. The average molecular weight is 228 g/mol. The molecule has 0 aromatic rings. The van der Waals surface area contributed by atoms with Gasteiger partial charge in [0.25, 0.3) is 0 Å². The topological polar surface area (TPSA) is 0 Å². The third kappa shape index (κ3) is 9.24. The van der Waals surface area contributed by atoms with Gasteiger partial charge in [0.15, 0.2) is 0 Å². The highest BCUT2D eigenvalue weighted by atomic mass is 14.2. The van der Waals surface area contributed by atoms with Gasteiger partial charge in [0.2, 0.25) is 0 Å². The van der Waals surface area contributed by atoms with Crippen LogP contribution >= 0.6 is 0 Å². The van der Waals surface area contributed by atoms with E-state index < -0.39 is 0 Å². The molecule has 0 aliphatic rings. The molecular formula is C16H36. The zero-order valence-electron chi connectivity index (χ0n) is 13.0. The lowest BCUT2D eigenvalue weighted by Crippen LogP contribution is -2.13. The van der Waals surface area contributed by atoms with E-state index in [2.05, 4.69) is 34.6 Å². The standard InChI is InChI=1S/C14H30.C2H6/c1-6-9-13(10-7-2)11-14(8-3)12(4)5;1-2/h12-14H,6-11H2,1-5H3;1-2H3. The second kappa shape index (κ2) is 13.1. The van der Waals surface area contributed by atoms with Gasteiger partial charge >= 0.3 is 0 Å². The van der Waals surface area contributed by atoms with Crippen LogP contribution in [0.4, 0.5) is 0 Å². The van der Waals surface area contributed by atoms with E-state index >= 15 is 0 Å². The van der Waals surface area contributed by atoms with Gasteiger partial charge in [0.1, 0.15) is 0 Å². The molecule has 1 unspecified atom stereocenters. The molecule has 1 atom stereocenters. The highest BCUT2D eigenvalue weighted by Gasteiger charge is 2.16. The molecule has 0 radical (unpaired) electrons. The van der Waals surface area contributed by atoms with E-state index in [9.17, 15) is 0 Å². The summed E-state index contributed by atoms with van der Waals surface area (Å²) in [5.74, 6) is 2.83. The highest BCUT2D eigenvalue weighted by Crippen LogP contribution is 2.28. The second-order valence-corrected chi connectivity index (χ2v) is 5.09. The summed E-state index contributed by atoms with van der Waals surface area (Å²) in [7, 11) is 0. The van der Waals surface area contributed by atoms with Crippen molar-refractivity contribution in [3.8, 4) is 0 Å². The molecule has 0 rings (SSSR count). The molecule has 0 bridgehead atoms. The SMILES string of the molecule is CC.CCCC(CCC)CC(CC)C(C)C. The van der Waals surface area contributed by atoms with E-state index in [0.717, 1.165) is 17.8 Å². The Morgan fingerprint density at radius 3 is 1.50 bits per heavy atom. The quantitative estimate of drug-likeness (QED) is 0.457. The summed E-state index contributed by atoms with van der Waals surface area (Å²) in [6, 6.07) is 0. The van der Waals surface area contributed by atoms with Crippen LogP contribution in [0.5, 0.6) is 0 Å². The fourth-order valence-electron chi connectivity index (χ4n) is 2.53.